The highest BCUT2D eigenvalue weighted by molar-refractivity contribution is 5.94. The van der Waals surface area contributed by atoms with Crippen molar-refractivity contribution in [3.8, 4) is 5.69 Å². The molecule has 8 nitrogen and oxygen atoms in total. The first-order valence-electron chi connectivity index (χ1n) is 7.84. The number of benzene rings is 1. The average Bonchev–Trinajstić information content (AvgIpc) is 3.11. The van der Waals surface area contributed by atoms with Gasteiger partial charge in [-0.15, -0.1) is 5.10 Å². The molecule has 2 atom stereocenters. The number of ether oxygens (including phenoxy) is 1. The number of hydrogen-bond acceptors (Lipinski definition) is 5. The van der Waals surface area contributed by atoms with E-state index >= 15 is 0 Å². The summed E-state index contributed by atoms with van der Waals surface area (Å²) in [6, 6.07) is 4.39. The van der Waals surface area contributed by atoms with Gasteiger partial charge in [0.1, 0.15) is 11.9 Å². The van der Waals surface area contributed by atoms with Crippen LogP contribution in [0.25, 0.3) is 5.69 Å². The Kier molecular flexibility index (Phi) is 5.03. The Morgan fingerprint density at radius 2 is 2.12 bits per heavy atom. The van der Waals surface area contributed by atoms with Crippen molar-refractivity contribution in [2.24, 2.45) is 5.92 Å². The van der Waals surface area contributed by atoms with Crippen LogP contribution < -0.4 is 5.32 Å². The molecule has 0 aliphatic carbocycles. The number of aliphatic carboxylic acids is 1. The van der Waals surface area contributed by atoms with Crippen molar-refractivity contribution < 1.29 is 23.8 Å². The van der Waals surface area contributed by atoms with E-state index in [2.05, 4.69) is 15.5 Å². The van der Waals surface area contributed by atoms with E-state index in [-0.39, 0.29) is 11.6 Å². The Morgan fingerprint density at radius 1 is 1.36 bits per heavy atom. The number of halogens is 1. The number of aromatic nitrogens is 3. The Balaban J connectivity index is 1.71. The first-order chi connectivity index (χ1) is 12.0. The average molecular weight is 348 g/mol. The summed E-state index contributed by atoms with van der Waals surface area (Å²) >= 11 is 0. The first kappa shape index (κ1) is 17.0. The summed E-state index contributed by atoms with van der Waals surface area (Å²) in [6.07, 6.45) is 2.65. The third kappa shape index (κ3) is 4.00. The molecule has 1 aliphatic rings. The van der Waals surface area contributed by atoms with E-state index in [4.69, 9.17) is 4.74 Å². The highest BCUT2D eigenvalue weighted by Gasteiger charge is 2.32. The van der Waals surface area contributed by atoms with Gasteiger partial charge in [0, 0.05) is 12.5 Å². The van der Waals surface area contributed by atoms with Crippen molar-refractivity contribution in [1.29, 1.82) is 0 Å². The van der Waals surface area contributed by atoms with Crippen LogP contribution >= 0.6 is 0 Å². The number of amides is 1. The van der Waals surface area contributed by atoms with Crippen LogP contribution in [0.2, 0.25) is 0 Å². The van der Waals surface area contributed by atoms with E-state index in [0.29, 0.717) is 25.3 Å². The lowest BCUT2D eigenvalue weighted by Gasteiger charge is -2.27. The van der Waals surface area contributed by atoms with Gasteiger partial charge in [-0.3, -0.25) is 4.79 Å². The molecule has 1 aromatic carbocycles. The van der Waals surface area contributed by atoms with Crippen molar-refractivity contribution in [3.63, 3.8) is 0 Å². The highest BCUT2D eigenvalue weighted by atomic mass is 19.1. The molecule has 0 saturated carbocycles. The molecule has 1 aromatic heterocycles. The molecular formula is C16H17FN4O4. The van der Waals surface area contributed by atoms with Crippen LogP contribution in [0.4, 0.5) is 4.39 Å². The van der Waals surface area contributed by atoms with Gasteiger partial charge in [-0.25, -0.2) is 9.18 Å². The fourth-order valence-electron chi connectivity index (χ4n) is 2.69. The zero-order chi connectivity index (χ0) is 17.8. The summed E-state index contributed by atoms with van der Waals surface area (Å²) < 4.78 is 18.2. The molecule has 0 radical (unpaired) electrons. The van der Waals surface area contributed by atoms with Gasteiger partial charge in [-0.1, -0.05) is 0 Å². The van der Waals surface area contributed by atoms with Crippen molar-refractivity contribution in [3.05, 3.63) is 42.0 Å². The molecule has 25 heavy (non-hydrogen) atoms. The second-order valence-electron chi connectivity index (χ2n) is 5.76. The van der Waals surface area contributed by atoms with Gasteiger partial charge in [-0.05, 0) is 37.1 Å². The number of carbonyl (C=O) groups is 2. The van der Waals surface area contributed by atoms with Gasteiger partial charge in [0.2, 0.25) is 0 Å². The van der Waals surface area contributed by atoms with Crippen LogP contribution in [0, 0.1) is 11.7 Å². The zero-order valence-electron chi connectivity index (χ0n) is 13.3. The van der Waals surface area contributed by atoms with Gasteiger partial charge in [-0.2, -0.15) is 9.90 Å². The number of carbonyl (C=O) groups excluding carboxylic acids is 1. The molecule has 1 saturated heterocycles. The fraction of sp³-hybridized carbons (Fsp3) is 0.375. The van der Waals surface area contributed by atoms with Crippen LogP contribution in [0.1, 0.15) is 23.3 Å². The Bertz CT molecular complexity index is 756. The van der Waals surface area contributed by atoms with E-state index in [1.54, 1.807) is 0 Å². The Hall–Kier alpha value is -2.81. The predicted molar refractivity (Wildman–Crippen MR) is 83.8 cm³/mol. The summed E-state index contributed by atoms with van der Waals surface area (Å²) in [5.41, 5.74) is 0.461. The molecule has 2 aromatic rings. The molecule has 1 aliphatic heterocycles. The molecule has 9 heteroatoms. The third-order valence-corrected chi connectivity index (χ3v) is 4.00. The number of carboxylic acid groups (broad SMARTS) is 1. The number of rotatable bonds is 5. The van der Waals surface area contributed by atoms with Gasteiger partial charge >= 0.3 is 5.97 Å². The van der Waals surface area contributed by atoms with E-state index in [1.165, 1.54) is 35.3 Å². The maximum Gasteiger partial charge on any atom is 0.326 e. The molecule has 1 amide bonds. The standard InChI is InChI=1S/C16H17FN4O4/c17-11-3-5-12(6-4-11)21-18-8-13(20-21)15(22)19-14(16(23)24)10-2-1-7-25-9-10/h3-6,8,10,14H,1-2,7,9H2,(H,19,22)(H,23,24). The molecule has 0 spiro atoms. The minimum absolute atomic E-state index is 0.0210. The SMILES string of the molecule is O=C(NC(C(=O)O)C1CCCOC1)c1cnn(-c2ccc(F)cc2)n1. The minimum Gasteiger partial charge on any atom is -0.480 e. The predicted octanol–water partition coefficient (Wildman–Crippen LogP) is 1.02. The topological polar surface area (TPSA) is 106 Å². The lowest BCUT2D eigenvalue weighted by molar-refractivity contribution is -0.142. The van der Waals surface area contributed by atoms with Crippen LogP contribution in [0.5, 0.6) is 0 Å². The zero-order valence-corrected chi connectivity index (χ0v) is 13.3. The van der Waals surface area contributed by atoms with Gasteiger partial charge in [0.05, 0.1) is 18.5 Å². The number of carboxylic acids is 1. The summed E-state index contributed by atoms with van der Waals surface area (Å²) in [5.74, 6) is -2.43. The van der Waals surface area contributed by atoms with E-state index in [1.807, 2.05) is 0 Å². The molecule has 2 unspecified atom stereocenters. The highest BCUT2D eigenvalue weighted by Crippen LogP contribution is 2.18. The smallest absolute Gasteiger partial charge is 0.326 e. The van der Waals surface area contributed by atoms with Crippen molar-refractivity contribution in [2.75, 3.05) is 13.2 Å². The molecule has 1 fully saturated rings. The minimum atomic E-state index is -1.12. The van der Waals surface area contributed by atoms with Crippen LogP contribution in [-0.4, -0.2) is 51.2 Å². The molecule has 2 N–H and O–H groups in total. The Morgan fingerprint density at radius 3 is 2.76 bits per heavy atom. The Labute approximate surface area is 142 Å². The van der Waals surface area contributed by atoms with Crippen LogP contribution in [-0.2, 0) is 9.53 Å². The lowest BCUT2D eigenvalue weighted by Crippen LogP contribution is -2.48. The van der Waals surface area contributed by atoms with Gasteiger partial charge < -0.3 is 15.2 Å². The number of nitrogens with zero attached hydrogens (tertiary/aromatic N) is 3. The van der Waals surface area contributed by atoms with E-state index in [0.717, 1.165) is 6.42 Å². The van der Waals surface area contributed by atoms with Crippen molar-refractivity contribution in [1.82, 2.24) is 20.3 Å². The summed E-state index contributed by atoms with van der Waals surface area (Å²) in [4.78, 5) is 25.0. The summed E-state index contributed by atoms with van der Waals surface area (Å²) in [7, 11) is 0. The summed E-state index contributed by atoms with van der Waals surface area (Å²) in [6.45, 7) is 0.891. The monoisotopic (exact) mass is 348 g/mol. The molecule has 2 heterocycles. The fourth-order valence-corrected chi connectivity index (χ4v) is 2.69. The van der Waals surface area contributed by atoms with Gasteiger partial charge in [0.15, 0.2) is 5.69 Å². The molecule has 132 valence electrons. The number of nitrogens with one attached hydrogen (secondary N) is 1. The lowest BCUT2D eigenvalue weighted by atomic mass is 9.93. The molecule has 0 bridgehead atoms. The van der Waals surface area contributed by atoms with E-state index in [9.17, 15) is 19.1 Å². The van der Waals surface area contributed by atoms with Crippen molar-refractivity contribution in [2.45, 2.75) is 18.9 Å². The summed E-state index contributed by atoms with van der Waals surface area (Å²) in [5, 5.41) is 19.8. The number of hydrogen-bond donors (Lipinski definition) is 2. The van der Waals surface area contributed by atoms with Crippen LogP contribution in [0.15, 0.2) is 30.5 Å². The van der Waals surface area contributed by atoms with E-state index < -0.39 is 23.7 Å². The largest absolute Gasteiger partial charge is 0.480 e. The second kappa shape index (κ2) is 7.39. The maximum atomic E-state index is 13.0. The van der Waals surface area contributed by atoms with Gasteiger partial charge in [0.25, 0.3) is 5.91 Å². The molecule has 3 rings (SSSR count). The molecular weight excluding hydrogens is 331 g/mol. The van der Waals surface area contributed by atoms with Crippen LogP contribution in [0.3, 0.4) is 0 Å². The van der Waals surface area contributed by atoms with Crippen molar-refractivity contribution >= 4 is 11.9 Å². The second-order valence-corrected chi connectivity index (χ2v) is 5.76. The normalized spacial score (nSPS) is 18.5. The third-order valence-electron chi connectivity index (χ3n) is 4.00. The quantitative estimate of drug-likeness (QED) is 0.835. The maximum absolute atomic E-state index is 13.0. The first-order valence-corrected chi connectivity index (χ1v) is 7.84.